The minimum atomic E-state index is -0.205. The van der Waals surface area contributed by atoms with E-state index in [9.17, 15) is 9.59 Å². The van der Waals surface area contributed by atoms with Gasteiger partial charge in [-0.25, -0.2) is 9.97 Å². The van der Waals surface area contributed by atoms with Crippen molar-refractivity contribution in [3.8, 4) is 11.8 Å². The topological polar surface area (TPSA) is 84.4 Å². The van der Waals surface area contributed by atoms with E-state index in [0.717, 1.165) is 16.3 Å². The normalized spacial score (nSPS) is 12.7. The summed E-state index contributed by atoms with van der Waals surface area (Å²) in [5.41, 5.74) is 1.56. The minimum absolute atomic E-state index is 0.0375. The highest BCUT2D eigenvalue weighted by molar-refractivity contribution is 7.99. The van der Waals surface area contributed by atoms with Gasteiger partial charge >= 0.3 is 6.01 Å². The molecule has 0 unspecified atom stereocenters. The number of rotatable bonds is 6. The SMILES string of the molecule is O=C(CCC(=O)N1CCSc2ccccc21)Nc1ccc(Oc2ncccn2)cc1. The van der Waals surface area contributed by atoms with Crippen LogP contribution in [0.15, 0.2) is 71.9 Å². The van der Waals surface area contributed by atoms with E-state index in [4.69, 9.17) is 4.74 Å². The molecule has 2 heterocycles. The molecule has 8 heteroatoms. The van der Waals surface area contributed by atoms with Crippen molar-refractivity contribution in [3.05, 3.63) is 67.0 Å². The lowest BCUT2D eigenvalue weighted by Gasteiger charge is -2.29. The van der Waals surface area contributed by atoms with Crippen LogP contribution in [0.5, 0.6) is 11.8 Å². The number of carbonyl (C=O) groups is 2. The van der Waals surface area contributed by atoms with E-state index in [1.54, 1.807) is 59.4 Å². The van der Waals surface area contributed by atoms with E-state index >= 15 is 0 Å². The Hall–Kier alpha value is -3.39. The number of amides is 2. The maximum atomic E-state index is 12.6. The van der Waals surface area contributed by atoms with Crippen molar-refractivity contribution < 1.29 is 14.3 Å². The predicted molar refractivity (Wildman–Crippen MR) is 116 cm³/mol. The van der Waals surface area contributed by atoms with Crippen molar-refractivity contribution in [3.63, 3.8) is 0 Å². The molecule has 4 rings (SSSR count). The first-order chi connectivity index (χ1) is 14.7. The van der Waals surface area contributed by atoms with Crippen LogP contribution in [-0.2, 0) is 9.59 Å². The predicted octanol–water partition coefficient (Wildman–Crippen LogP) is 4.13. The summed E-state index contributed by atoms with van der Waals surface area (Å²) in [5, 5.41) is 2.81. The standard InChI is InChI=1S/C22H20N4O3S/c27-20(10-11-21(28)26-14-15-30-19-5-2-1-4-18(19)26)25-16-6-8-17(9-7-16)29-22-23-12-3-13-24-22/h1-9,12-13H,10-11,14-15H2,(H,25,27). The second kappa shape index (κ2) is 9.41. The monoisotopic (exact) mass is 420 g/mol. The molecule has 0 aliphatic carbocycles. The summed E-state index contributed by atoms with van der Waals surface area (Å²) in [5.74, 6) is 1.18. The quantitative estimate of drug-likeness (QED) is 0.646. The largest absolute Gasteiger partial charge is 0.424 e. The number of thioether (sulfide) groups is 1. The number of ether oxygens (including phenoxy) is 1. The van der Waals surface area contributed by atoms with Crippen LogP contribution < -0.4 is 15.0 Å². The maximum absolute atomic E-state index is 12.6. The second-order valence-electron chi connectivity index (χ2n) is 6.57. The molecule has 1 aromatic heterocycles. The van der Waals surface area contributed by atoms with E-state index < -0.39 is 0 Å². The highest BCUT2D eigenvalue weighted by Crippen LogP contribution is 2.34. The Balaban J connectivity index is 1.28. The summed E-state index contributed by atoms with van der Waals surface area (Å²) in [6.07, 6.45) is 3.48. The Morgan fingerprint density at radius 3 is 2.57 bits per heavy atom. The smallest absolute Gasteiger partial charge is 0.321 e. The third-order valence-corrected chi connectivity index (χ3v) is 5.53. The van der Waals surface area contributed by atoms with Gasteiger partial charge in [-0.15, -0.1) is 11.8 Å². The molecule has 1 N–H and O–H groups in total. The molecule has 0 bridgehead atoms. The number of benzene rings is 2. The fourth-order valence-corrected chi connectivity index (χ4v) is 4.05. The third kappa shape index (κ3) is 4.96. The zero-order valence-electron chi connectivity index (χ0n) is 16.2. The zero-order valence-corrected chi connectivity index (χ0v) is 17.0. The van der Waals surface area contributed by atoms with Crippen molar-refractivity contribution in [1.82, 2.24) is 9.97 Å². The number of nitrogens with zero attached hydrogens (tertiary/aromatic N) is 3. The first kappa shape index (κ1) is 19.9. The summed E-state index contributed by atoms with van der Waals surface area (Å²) in [6.45, 7) is 0.661. The first-order valence-corrected chi connectivity index (χ1v) is 10.5. The lowest BCUT2D eigenvalue weighted by atomic mass is 10.2. The van der Waals surface area contributed by atoms with Crippen molar-refractivity contribution in [2.24, 2.45) is 0 Å². The van der Waals surface area contributed by atoms with Gasteiger partial charge in [-0.2, -0.15) is 0 Å². The molecule has 0 saturated heterocycles. The van der Waals surface area contributed by atoms with Crippen molar-refractivity contribution in [2.45, 2.75) is 17.7 Å². The van der Waals surface area contributed by atoms with Gasteiger partial charge in [0.15, 0.2) is 0 Å². The van der Waals surface area contributed by atoms with Crippen LogP contribution in [0.4, 0.5) is 11.4 Å². The molecule has 0 fully saturated rings. The molecule has 0 saturated carbocycles. The molecule has 30 heavy (non-hydrogen) atoms. The fourth-order valence-electron chi connectivity index (χ4n) is 3.06. The van der Waals surface area contributed by atoms with E-state index in [2.05, 4.69) is 15.3 Å². The molecule has 2 aromatic carbocycles. The van der Waals surface area contributed by atoms with E-state index in [-0.39, 0.29) is 30.7 Å². The van der Waals surface area contributed by atoms with E-state index in [0.29, 0.717) is 18.0 Å². The fraction of sp³-hybridized carbons (Fsp3) is 0.182. The van der Waals surface area contributed by atoms with Gasteiger partial charge in [0.1, 0.15) is 5.75 Å². The summed E-state index contributed by atoms with van der Waals surface area (Å²) in [7, 11) is 0. The number of fused-ring (bicyclic) bond motifs is 1. The Morgan fingerprint density at radius 1 is 1.00 bits per heavy atom. The molecule has 1 aliphatic rings. The summed E-state index contributed by atoms with van der Waals surface area (Å²) >= 11 is 1.75. The lowest BCUT2D eigenvalue weighted by Crippen LogP contribution is -2.35. The number of anilines is 2. The highest BCUT2D eigenvalue weighted by atomic mass is 32.2. The molecular formula is C22H20N4O3S. The average Bonchev–Trinajstić information content (AvgIpc) is 2.79. The van der Waals surface area contributed by atoms with Crippen molar-refractivity contribution >= 4 is 35.0 Å². The molecule has 0 atom stereocenters. The second-order valence-corrected chi connectivity index (χ2v) is 7.70. The molecule has 3 aromatic rings. The van der Waals surface area contributed by atoms with Crippen LogP contribution in [0, 0.1) is 0 Å². The van der Waals surface area contributed by atoms with Crippen LogP contribution in [0.1, 0.15) is 12.8 Å². The Morgan fingerprint density at radius 2 is 1.77 bits per heavy atom. The number of para-hydroxylation sites is 1. The summed E-state index contributed by atoms with van der Waals surface area (Å²) in [4.78, 5) is 35.8. The molecule has 2 amide bonds. The van der Waals surface area contributed by atoms with Crippen LogP contribution >= 0.6 is 11.8 Å². The first-order valence-electron chi connectivity index (χ1n) is 9.56. The number of hydrogen-bond donors (Lipinski definition) is 1. The van der Waals surface area contributed by atoms with Gasteiger partial charge in [0.2, 0.25) is 11.8 Å². The van der Waals surface area contributed by atoms with Gasteiger partial charge in [-0.1, -0.05) is 12.1 Å². The lowest BCUT2D eigenvalue weighted by molar-refractivity contribution is -0.122. The molecular weight excluding hydrogens is 400 g/mol. The average molecular weight is 420 g/mol. The summed E-state index contributed by atoms with van der Waals surface area (Å²) in [6, 6.07) is 16.7. The molecule has 7 nitrogen and oxygen atoms in total. The maximum Gasteiger partial charge on any atom is 0.321 e. The van der Waals surface area contributed by atoms with Crippen LogP contribution in [0.25, 0.3) is 0 Å². The van der Waals surface area contributed by atoms with Gasteiger partial charge in [-0.05, 0) is 42.5 Å². The van der Waals surface area contributed by atoms with Gasteiger partial charge in [-0.3, -0.25) is 9.59 Å². The van der Waals surface area contributed by atoms with E-state index in [1.165, 1.54) is 0 Å². The van der Waals surface area contributed by atoms with Gasteiger partial charge < -0.3 is 15.0 Å². The third-order valence-electron chi connectivity index (χ3n) is 4.48. The molecule has 0 radical (unpaired) electrons. The molecule has 0 spiro atoms. The van der Waals surface area contributed by atoms with E-state index in [1.807, 2.05) is 24.3 Å². The Bertz CT molecular complexity index is 1030. The van der Waals surface area contributed by atoms with Crippen LogP contribution in [0.3, 0.4) is 0 Å². The van der Waals surface area contributed by atoms with Crippen molar-refractivity contribution in [2.75, 3.05) is 22.5 Å². The van der Waals surface area contributed by atoms with Crippen LogP contribution in [-0.4, -0.2) is 34.1 Å². The number of nitrogens with one attached hydrogen (secondary N) is 1. The van der Waals surface area contributed by atoms with Gasteiger partial charge in [0.05, 0.1) is 5.69 Å². The molecule has 152 valence electrons. The van der Waals surface area contributed by atoms with Crippen molar-refractivity contribution in [1.29, 1.82) is 0 Å². The van der Waals surface area contributed by atoms with Gasteiger partial charge in [0.25, 0.3) is 0 Å². The number of aromatic nitrogens is 2. The van der Waals surface area contributed by atoms with Crippen LogP contribution in [0.2, 0.25) is 0 Å². The molecule has 1 aliphatic heterocycles. The zero-order chi connectivity index (χ0) is 20.8. The minimum Gasteiger partial charge on any atom is -0.424 e. The number of carbonyl (C=O) groups excluding carboxylic acids is 2. The highest BCUT2D eigenvalue weighted by Gasteiger charge is 2.22. The summed E-state index contributed by atoms with van der Waals surface area (Å²) < 4.78 is 5.53. The Kier molecular flexibility index (Phi) is 6.24. The van der Waals surface area contributed by atoms with Gasteiger partial charge in [0, 0.05) is 48.1 Å². The Labute approximate surface area is 178 Å². The number of hydrogen-bond acceptors (Lipinski definition) is 6.